The molecular formula is C53H51BN4O4. The van der Waals surface area contributed by atoms with E-state index >= 15 is 0 Å². The molecule has 1 aliphatic heterocycles. The van der Waals surface area contributed by atoms with Crippen LogP contribution in [-0.2, 0) is 9.31 Å². The van der Waals surface area contributed by atoms with Crippen molar-refractivity contribution < 1.29 is 18.9 Å². The predicted molar refractivity (Wildman–Crippen MR) is 249 cm³/mol. The predicted octanol–water partition coefficient (Wildman–Crippen LogP) is 11.5. The third-order valence-corrected chi connectivity index (χ3v) is 13.2. The number of carbonyl (C=O) groups is 2. The van der Waals surface area contributed by atoms with E-state index in [0.717, 1.165) is 49.8 Å². The fourth-order valence-electron chi connectivity index (χ4n) is 9.54. The van der Waals surface area contributed by atoms with Crippen molar-refractivity contribution in [2.75, 3.05) is 0 Å². The standard InChI is InChI=1S/C28H27BN2O3.C23H18N2O.C2H6/c1-27(2)28(3,4)34-29(33-27)23-11-7-10-20-22(17-8-5-6-9-19(17)25(20)23)16-24(32)18-12-14-30-26-21(18)13-15-31-26;1-14-5-4-8-18-20(15-6-2-3-7-17(15)22(14)18)13-21(26)16-9-11-24-23-19(16)10-12-25-23;1-2/h5-15,22H,16H2,1-4H3,(H,30,31);2-12,20H,13H2,1H3,(H,24,25);1-2H3. The molecule has 0 bridgehead atoms. The van der Waals surface area contributed by atoms with E-state index in [2.05, 4.69) is 133 Å². The van der Waals surface area contributed by atoms with Crippen LogP contribution in [-0.4, -0.2) is 49.8 Å². The molecule has 3 aliphatic rings. The van der Waals surface area contributed by atoms with Gasteiger partial charge in [-0.2, -0.15) is 0 Å². The highest BCUT2D eigenvalue weighted by Gasteiger charge is 2.53. The molecule has 2 N–H and O–H groups in total. The molecule has 4 aromatic carbocycles. The highest BCUT2D eigenvalue weighted by Crippen LogP contribution is 2.49. The number of rotatable bonds is 7. The van der Waals surface area contributed by atoms with Crippen LogP contribution in [0.3, 0.4) is 0 Å². The summed E-state index contributed by atoms with van der Waals surface area (Å²) >= 11 is 0. The highest BCUT2D eigenvalue weighted by molar-refractivity contribution is 6.64. The SMILES string of the molecule is CC.CC1(C)OB(c2cccc3c2-c2ccccc2C3CC(=O)c2ccnc3[nH]ccc23)OC1(C)C.Cc1cccc2c1-c1ccccc1C2CC(=O)c1ccnc2[nH]ccc12. The van der Waals surface area contributed by atoms with Gasteiger partial charge in [-0.25, -0.2) is 9.97 Å². The maximum Gasteiger partial charge on any atom is 0.495 e. The molecule has 11 rings (SSSR count). The maximum absolute atomic E-state index is 13.6. The van der Waals surface area contributed by atoms with E-state index in [9.17, 15) is 9.59 Å². The normalized spacial score (nSPS) is 17.3. The summed E-state index contributed by atoms with van der Waals surface area (Å²) in [6.07, 6.45) is 7.91. The number of fused-ring (bicyclic) bond motifs is 8. The number of hydrogen-bond acceptors (Lipinski definition) is 6. The largest absolute Gasteiger partial charge is 0.495 e. The number of aromatic nitrogens is 4. The van der Waals surface area contributed by atoms with Crippen LogP contribution in [0.15, 0.2) is 134 Å². The molecule has 1 saturated heterocycles. The van der Waals surface area contributed by atoms with Crippen LogP contribution in [0.4, 0.5) is 0 Å². The van der Waals surface area contributed by atoms with E-state index in [0.29, 0.717) is 18.4 Å². The molecule has 0 spiro atoms. The fourth-order valence-corrected chi connectivity index (χ4v) is 9.54. The van der Waals surface area contributed by atoms with Crippen molar-refractivity contribution in [2.24, 2.45) is 0 Å². The van der Waals surface area contributed by atoms with Crippen LogP contribution in [0.5, 0.6) is 0 Å². The van der Waals surface area contributed by atoms with Gasteiger partial charge in [0, 0.05) is 71.4 Å². The van der Waals surface area contributed by atoms with Gasteiger partial charge in [-0.1, -0.05) is 98.8 Å². The van der Waals surface area contributed by atoms with Gasteiger partial charge in [-0.15, -0.1) is 0 Å². The monoisotopic (exact) mass is 818 g/mol. The molecule has 8 nitrogen and oxygen atoms in total. The number of hydrogen-bond donors (Lipinski definition) is 2. The Morgan fingerprint density at radius 3 is 1.56 bits per heavy atom. The number of H-pyrrole nitrogens is 2. The maximum atomic E-state index is 13.6. The van der Waals surface area contributed by atoms with E-state index in [-0.39, 0.29) is 23.4 Å². The third-order valence-electron chi connectivity index (χ3n) is 13.2. The summed E-state index contributed by atoms with van der Waals surface area (Å²) < 4.78 is 12.8. The van der Waals surface area contributed by atoms with Crippen LogP contribution in [0.2, 0.25) is 0 Å². The minimum Gasteiger partial charge on any atom is -0.399 e. The molecule has 5 heterocycles. The van der Waals surface area contributed by atoms with Crippen molar-refractivity contribution in [3.63, 3.8) is 0 Å². The second-order valence-electron chi connectivity index (χ2n) is 17.2. The molecule has 1 fully saturated rings. The number of carbonyl (C=O) groups excluding carboxylic acids is 2. The number of ketones is 2. The minimum absolute atomic E-state index is 0.0248. The van der Waals surface area contributed by atoms with Gasteiger partial charge in [0.1, 0.15) is 11.3 Å². The zero-order valence-corrected chi connectivity index (χ0v) is 36.4. The van der Waals surface area contributed by atoms with E-state index in [4.69, 9.17) is 9.31 Å². The molecule has 2 atom stereocenters. The molecule has 4 aromatic heterocycles. The molecular weight excluding hydrogens is 767 g/mol. The first kappa shape index (κ1) is 41.0. The summed E-state index contributed by atoms with van der Waals surface area (Å²) in [6.45, 7) is 14.4. The Labute approximate surface area is 363 Å². The summed E-state index contributed by atoms with van der Waals surface area (Å²) in [7, 11) is -0.456. The van der Waals surface area contributed by atoms with Crippen molar-refractivity contribution in [1.29, 1.82) is 0 Å². The number of pyridine rings is 2. The Hall–Kier alpha value is -6.42. The average molecular weight is 819 g/mol. The molecule has 9 heteroatoms. The van der Waals surface area contributed by atoms with Crippen molar-refractivity contribution in [3.05, 3.63) is 173 Å². The number of aryl methyl sites for hydroxylation is 1. The first-order chi connectivity index (χ1) is 30.0. The van der Waals surface area contributed by atoms with Gasteiger partial charge in [-0.05, 0) is 114 Å². The Balaban J connectivity index is 0.000000157. The third kappa shape index (κ3) is 6.90. The zero-order valence-electron chi connectivity index (χ0n) is 36.4. The zero-order chi connectivity index (χ0) is 43.3. The average Bonchev–Trinajstić information content (AvgIpc) is 4.11. The second kappa shape index (κ2) is 16.1. The van der Waals surface area contributed by atoms with Crippen LogP contribution < -0.4 is 5.46 Å². The van der Waals surface area contributed by atoms with Crippen LogP contribution in [0.1, 0.15) is 115 Å². The van der Waals surface area contributed by atoms with Crippen molar-refractivity contribution in [1.82, 2.24) is 19.9 Å². The van der Waals surface area contributed by atoms with Gasteiger partial charge in [0.2, 0.25) is 0 Å². The molecule has 0 radical (unpaired) electrons. The molecule has 2 unspecified atom stereocenters. The van der Waals surface area contributed by atoms with Crippen molar-refractivity contribution >= 4 is 46.2 Å². The Bertz CT molecular complexity index is 2980. The van der Waals surface area contributed by atoms with Gasteiger partial charge in [-0.3, -0.25) is 9.59 Å². The first-order valence-corrected chi connectivity index (χ1v) is 21.7. The van der Waals surface area contributed by atoms with Gasteiger partial charge < -0.3 is 19.3 Å². The highest BCUT2D eigenvalue weighted by atomic mass is 16.7. The van der Waals surface area contributed by atoms with Gasteiger partial charge in [0.25, 0.3) is 0 Å². The van der Waals surface area contributed by atoms with Crippen LogP contribution in [0, 0.1) is 6.92 Å². The number of Topliss-reactive ketones (excluding diaryl/α,β-unsaturated/α-hetero) is 2. The molecule has 62 heavy (non-hydrogen) atoms. The number of nitrogens with one attached hydrogen (secondary N) is 2. The number of aromatic amines is 2. The summed E-state index contributed by atoms with van der Waals surface area (Å²) in [5.41, 5.74) is 14.1. The molecule has 0 amide bonds. The minimum atomic E-state index is -0.456. The molecule has 2 aliphatic carbocycles. The molecule has 310 valence electrons. The quantitative estimate of drug-likeness (QED) is 0.122. The summed E-state index contributed by atoms with van der Waals surface area (Å²) in [5.74, 6) is 0.353. The number of benzene rings is 4. The van der Waals surface area contributed by atoms with E-state index in [1.165, 1.54) is 33.4 Å². The molecule has 8 aromatic rings. The second-order valence-corrected chi connectivity index (χ2v) is 17.2. The summed E-state index contributed by atoms with van der Waals surface area (Å²) in [6, 6.07) is 37.0. The van der Waals surface area contributed by atoms with Crippen molar-refractivity contribution in [2.45, 2.75) is 84.3 Å². The Morgan fingerprint density at radius 1 is 0.581 bits per heavy atom. The summed E-state index contributed by atoms with van der Waals surface area (Å²) in [5, 5.41) is 1.76. The number of nitrogens with zero attached hydrogens (tertiary/aromatic N) is 2. The Morgan fingerprint density at radius 2 is 1.03 bits per heavy atom. The van der Waals surface area contributed by atoms with E-state index in [1.54, 1.807) is 12.4 Å². The lowest BCUT2D eigenvalue weighted by Gasteiger charge is -2.32. The Kier molecular flexibility index (Phi) is 10.7. The van der Waals surface area contributed by atoms with Gasteiger partial charge >= 0.3 is 7.12 Å². The lowest BCUT2D eigenvalue weighted by molar-refractivity contribution is 0.00578. The van der Waals surface area contributed by atoms with E-state index in [1.807, 2.05) is 56.6 Å². The lowest BCUT2D eigenvalue weighted by Crippen LogP contribution is -2.41. The topological polar surface area (TPSA) is 110 Å². The van der Waals surface area contributed by atoms with Gasteiger partial charge in [0.15, 0.2) is 11.6 Å². The molecule has 0 saturated carbocycles. The van der Waals surface area contributed by atoms with Crippen LogP contribution in [0.25, 0.3) is 44.3 Å². The lowest BCUT2D eigenvalue weighted by atomic mass is 9.74. The van der Waals surface area contributed by atoms with Gasteiger partial charge in [0.05, 0.1) is 11.2 Å². The van der Waals surface area contributed by atoms with Crippen molar-refractivity contribution in [3.8, 4) is 22.3 Å². The summed E-state index contributed by atoms with van der Waals surface area (Å²) in [4.78, 5) is 41.5. The smallest absolute Gasteiger partial charge is 0.399 e. The fraction of sp³-hybridized carbons (Fsp3) is 0.245. The first-order valence-electron chi connectivity index (χ1n) is 21.7. The van der Waals surface area contributed by atoms with Crippen LogP contribution >= 0.6 is 0 Å². The van der Waals surface area contributed by atoms with E-state index < -0.39 is 18.3 Å².